The van der Waals surface area contributed by atoms with Crippen LogP contribution in [0.2, 0.25) is 0 Å². The number of carboxylic acid groups (broad SMARTS) is 1. The lowest BCUT2D eigenvalue weighted by molar-refractivity contribution is -0.141. The molecule has 1 aliphatic heterocycles. The van der Waals surface area contributed by atoms with Crippen LogP contribution in [0, 0.1) is 11.7 Å². The normalized spacial score (nSPS) is 24.2. The lowest BCUT2D eigenvalue weighted by Gasteiger charge is -2.26. The highest BCUT2D eigenvalue weighted by Crippen LogP contribution is 2.33. The first kappa shape index (κ1) is 17.9. The van der Waals surface area contributed by atoms with E-state index >= 15 is 0 Å². The first-order valence-electron chi connectivity index (χ1n) is 8.92. The second kappa shape index (κ2) is 7.52. The smallest absolute Gasteiger partial charge is 0.308 e. The standard InChI is InChI=1S/C19H25FN2O3/c1-21(15-7-2-3-8-15)12-18(23)22-10-16(17(11-22)19(24)25)13-5-4-6-14(20)9-13/h4-6,9,15-17H,2-3,7-8,10-12H2,1H3,(H,24,25)/t16-,17+/m0/s1. The molecular formula is C19H25FN2O3. The van der Waals surface area contributed by atoms with Crippen LogP contribution in [0.5, 0.6) is 0 Å². The molecule has 136 valence electrons. The number of amides is 1. The SMILES string of the molecule is CN(CC(=O)N1C[C@@H](C(=O)O)[C@H](c2cccc(F)c2)C1)C1CCCC1. The van der Waals surface area contributed by atoms with Gasteiger partial charge in [0.05, 0.1) is 12.5 Å². The van der Waals surface area contributed by atoms with Crippen molar-refractivity contribution in [2.45, 2.75) is 37.6 Å². The topological polar surface area (TPSA) is 60.9 Å². The average molecular weight is 348 g/mol. The molecule has 1 aromatic rings. The van der Waals surface area contributed by atoms with E-state index in [1.165, 1.54) is 25.0 Å². The van der Waals surface area contributed by atoms with Gasteiger partial charge < -0.3 is 10.0 Å². The summed E-state index contributed by atoms with van der Waals surface area (Å²) >= 11 is 0. The van der Waals surface area contributed by atoms with Crippen molar-refractivity contribution >= 4 is 11.9 Å². The Kier molecular flexibility index (Phi) is 5.37. The first-order chi connectivity index (χ1) is 12.0. The fourth-order valence-corrected chi connectivity index (χ4v) is 4.12. The Hall–Kier alpha value is -1.95. The molecule has 5 nitrogen and oxygen atoms in total. The summed E-state index contributed by atoms with van der Waals surface area (Å²) in [6, 6.07) is 6.48. The molecule has 1 N–H and O–H groups in total. The van der Waals surface area contributed by atoms with Crippen molar-refractivity contribution in [3.05, 3.63) is 35.6 Å². The number of benzene rings is 1. The quantitative estimate of drug-likeness (QED) is 0.887. The lowest BCUT2D eigenvalue weighted by atomic mass is 9.89. The largest absolute Gasteiger partial charge is 0.481 e. The summed E-state index contributed by atoms with van der Waals surface area (Å²) in [4.78, 5) is 28.0. The van der Waals surface area contributed by atoms with Crippen molar-refractivity contribution < 1.29 is 19.1 Å². The zero-order chi connectivity index (χ0) is 18.0. The minimum absolute atomic E-state index is 0.0421. The number of carboxylic acids is 1. The van der Waals surface area contributed by atoms with Crippen molar-refractivity contribution in [2.75, 3.05) is 26.7 Å². The van der Waals surface area contributed by atoms with Crippen LogP contribution >= 0.6 is 0 Å². The van der Waals surface area contributed by atoms with Crippen molar-refractivity contribution in [1.29, 1.82) is 0 Å². The summed E-state index contributed by atoms with van der Waals surface area (Å²) < 4.78 is 13.5. The third-order valence-electron chi connectivity index (χ3n) is 5.60. The molecule has 1 heterocycles. The van der Waals surface area contributed by atoms with Gasteiger partial charge in [-0.2, -0.15) is 0 Å². The molecule has 25 heavy (non-hydrogen) atoms. The van der Waals surface area contributed by atoms with E-state index in [0.717, 1.165) is 12.8 Å². The molecule has 0 bridgehead atoms. The molecule has 1 amide bonds. The van der Waals surface area contributed by atoms with E-state index in [1.54, 1.807) is 17.0 Å². The zero-order valence-electron chi connectivity index (χ0n) is 14.5. The predicted molar refractivity (Wildman–Crippen MR) is 91.7 cm³/mol. The van der Waals surface area contributed by atoms with Crippen molar-refractivity contribution in [3.8, 4) is 0 Å². The Bertz CT molecular complexity index is 645. The summed E-state index contributed by atoms with van der Waals surface area (Å²) in [7, 11) is 1.96. The van der Waals surface area contributed by atoms with Gasteiger partial charge in [-0.3, -0.25) is 14.5 Å². The molecule has 3 rings (SSSR count). The molecule has 0 unspecified atom stereocenters. The number of nitrogens with zero attached hydrogens (tertiary/aromatic N) is 2. The molecule has 0 radical (unpaired) electrons. The number of carbonyl (C=O) groups is 2. The van der Waals surface area contributed by atoms with Crippen LogP contribution in [-0.4, -0.2) is 59.5 Å². The van der Waals surface area contributed by atoms with Crippen LogP contribution in [0.1, 0.15) is 37.2 Å². The summed E-state index contributed by atoms with van der Waals surface area (Å²) in [5.74, 6) is -2.42. The highest BCUT2D eigenvalue weighted by molar-refractivity contribution is 5.81. The maximum Gasteiger partial charge on any atom is 0.308 e. The highest BCUT2D eigenvalue weighted by atomic mass is 19.1. The molecule has 1 saturated carbocycles. The molecular weight excluding hydrogens is 323 g/mol. The van der Waals surface area contributed by atoms with Crippen LogP contribution in [0.3, 0.4) is 0 Å². The van der Waals surface area contributed by atoms with Crippen LogP contribution in [0.25, 0.3) is 0 Å². The van der Waals surface area contributed by atoms with Crippen molar-refractivity contribution in [1.82, 2.24) is 9.80 Å². The summed E-state index contributed by atoms with van der Waals surface area (Å²) in [6.45, 7) is 0.832. The fourth-order valence-electron chi connectivity index (χ4n) is 4.12. The number of rotatable bonds is 5. The van der Waals surface area contributed by atoms with Gasteiger partial charge in [-0.15, -0.1) is 0 Å². The molecule has 1 saturated heterocycles. The van der Waals surface area contributed by atoms with E-state index in [2.05, 4.69) is 4.90 Å². The van der Waals surface area contributed by atoms with E-state index in [1.807, 2.05) is 7.05 Å². The van der Waals surface area contributed by atoms with E-state index in [9.17, 15) is 19.1 Å². The van der Waals surface area contributed by atoms with Crippen molar-refractivity contribution in [3.63, 3.8) is 0 Å². The van der Waals surface area contributed by atoms with Gasteiger partial charge in [-0.05, 0) is 37.6 Å². The number of halogens is 1. The molecule has 2 aliphatic rings. The molecule has 1 aliphatic carbocycles. The van der Waals surface area contributed by atoms with Crippen LogP contribution in [-0.2, 0) is 9.59 Å². The Morgan fingerprint density at radius 2 is 2.00 bits per heavy atom. The Balaban J connectivity index is 1.68. The van der Waals surface area contributed by atoms with Gasteiger partial charge in [-0.25, -0.2) is 4.39 Å². The van der Waals surface area contributed by atoms with E-state index in [-0.39, 0.29) is 24.2 Å². The first-order valence-corrected chi connectivity index (χ1v) is 8.92. The van der Waals surface area contributed by atoms with E-state index < -0.39 is 11.9 Å². The maximum atomic E-state index is 13.5. The summed E-state index contributed by atoms with van der Waals surface area (Å²) in [5.41, 5.74) is 0.645. The third-order valence-corrected chi connectivity index (χ3v) is 5.60. The Morgan fingerprint density at radius 3 is 2.64 bits per heavy atom. The number of carbonyl (C=O) groups excluding carboxylic acids is 1. The van der Waals surface area contributed by atoms with E-state index in [4.69, 9.17) is 0 Å². The molecule has 2 fully saturated rings. The predicted octanol–water partition coefficient (Wildman–Crippen LogP) is 2.33. The van der Waals surface area contributed by atoms with Gasteiger partial charge in [0.2, 0.25) is 5.91 Å². The number of aliphatic carboxylic acids is 1. The van der Waals surface area contributed by atoms with E-state index in [0.29, 0.717) is 24.7 Å². The van der Waals surface area contributed by atoms with Crippen LogP contribution in [0.15, 0.2) is 24.3 Å². The minimum atomic E-state index is -0.936. The molecule has 0 spiro atoms. The molecule has 0 aromatic heterocycles. The van der Waals surface area contributed by atoms with Gasteiger partial charge in [0.15, 0.2) is 0 Å². The minimum Gasteiger partial charge on any atom is -0.481 e. The molecule has 1 aromatic carbocycles. The zero-order valence-corrected chi connectivity index (χ0v) is 14.5. The van der Waals surface area contributed by atoms with Crippen LogP contribution in [0.4, 0.5) is 4.39 Å². The Labute approximate surface area is 147 Å². The second-order valence-electron chi connectivity index (χ2n) is 7.26. The van der Waals surface area contributed by atoms with Gasteiger partial charge >= 0.3 is 5.97 Å². The monoisotopic (exact) mass is 348 g/mol. The third kappa shape index (κ3) is 4.00. The van der Waals surface area contributed by atoms with Gasteiger partial charge in [0.1, 0.15) is 5.82 Å². The molecule has 6 heteroatoms. The number of likely N-dealkylation sites (tertiary alicyclic amines) is 1. The Morgan fingerprint density at radius 1 is 1.28 bits per heavy atom. The maximum absolute atomic E-state index is 13.5. The van der Waals surface area contributed by atoms with Crippen molar-refractivity contribution in [2.24, 2.45) is 5.92 Å². The fraction of sp³-hybridized carbons (Fsp3) is 0.579. The number of hydrogen-bond acceptors (Lipinski definition) is 3. The number of likely N-dealkylation sites (N-methyl/N-ethyl adjacent to an activating group) is 1. The highest BCUT2D eigenvalue weighted by Gasteiger charge is 2.40. The van der Waals surface area contributed by atoms with Gasteiger partial charge in [0.25, 0.3) is 0 Å². The lowest BCUT2D eigenvalue weighted by Crippen LogP contribution is -2.41. The van der Waals surface area contributed by atoms with Gasteiger partial charge in [-0.1, -0.05) is 25.0 Å². The van der Waals surface area contributed by atoms with Crippen LogP contribution < -0.4 is 0 Å². The number of hydrogen-bond donors (Lipinski definition) is 1. The molecule has 2 atom stereocenters. The summed E-state index contributed by atoms with van der Waals surface area (Å²) in [5, 5.41) is 9.53. The average Bonchev–Trinajstić information content (AvgIpc) is 3.24. The second-order valence-corrected chi connectivity index (χ2v) is 7.26. The van der Waals surface area contributed by atoms with Gasteiger partial charge in [0, 0.05) is 25.0 Å². The summed E-state index contributed by atoms with van der Waals surface area (Å²) in [6.07, 6.45) is 4.65.